The molecule has 0 N–H and O–H groups in total. The van der Waals surface area contributed by atoms with Crippen molar-refractivity contribution in [3.05, 3.63) is 169 Å². The van der Waals surface area contributed by atoms with Crippen LogP contribution in [-0.4, -0.2) is 15.7 Å². The van der Waals surface area contributed by atoms with E-state index < -0.39 is 0 Å². The Morgan fingerprint density at radius 2 is 1.15 bits per heavy atom. The maximum Gasteiger partial charge on any atom is 0.0704 e. The molecule has 0 aliphatic carbocycles. The minimum Gasteiger partial charge on any atom is -0.257 e. The number of benzene rings is 3. The van der Waals surface area contributed by atoms with Gasteiger partial charge in [-0.2, -0.15) is 0 Å². The third-order valence-corrected chi connectivity index (χ3v) is 8.85. The van der Waals surface area contributed by atoms with E-state index >= 15 is 0 Å². The highest BCUT2D eigenvalue weighted by Gasteiger charge is 2.08. The molecule has 5 aromatic rings. The molecular weight excluding hydrogens is 583 g/mol. The molecule has 244 valence electrons. The van der Waals surface area contributed by atoms with Gasteiger partial charge in [-0.3, -0.25) is 15.0 Å². The fourth-order valence-electron chi connectivity index (χ4n) is 6.15. The van der Waals surface area contributed by atoms with Crippen LogP contribution >= 0.6 is 0 Å². The first-order valence-corrected chi connectivity index (χ1v) is 17.7. The van der Waals surface area contributed by atoms with Gasteiger partial charge in [0.25, 0.3) is 0 Å². The van der Waals surface area contributed by atoms with Crippen LogP contribution in [0.1, 0.15) is 80.0 Å². The minimum absolute atomic E-state index is 0.968. The number of rotatable bonds is 19. The number of aryl methyl sites for hydroxylation is 3. The Bertz CT molecular complexity index is 1710. The Morgan fingerprint density at radius 1 is 0.562 bits per heavy atom. The first-order chi connectivity index (χ1) is 23.8. The predicted molar refractivity (Wildman–Crippen MR) is 204 cm³/mol. The second-order valence-electron chi connectivity index (χ2n) is 12.5. The van der Waals surface area contributed by atoms with Gasteiger partial charge in [0.15, 0.2) is 0 Å². The molecule has 3 heteroatoms. The molecule has 2 heterocycles. The van der Waals surface area contributed by atoms with Gasteiger partial charge in [0.05, 0.1) is 17.1 Å². The monoisotopic (exact) mass is 631 g/mol. The molecule has 0 fully saturated rings. The normalized spacial score (nSPS) is 11.6. The van der Waals surface area contributed by atoms with Gasteiger partial charge in [-0.25, -0.2) is 0 Å². The lowest BCUT2D eigenvalue weighted by Crippen LogP contribution is -1.99. The number of unbranched alkanes of at least 4 members (excludes halogenated alkanes) is 7. The standard InChI is InChI=1S/C45H49N3/c1-2-46-43(38-23-15-9-16-24-38)31-21-6-4-3-5-14-30-42-36-48-45(40-27-19-11-20-28-40)34-41(42)29-13-8-7-12-22-37-32-33-44(47-35-37)39-25-17-10-18-26-39/h2,9-11,15-21,23-28,31-36H,1,3-8,12-14,22,29-30H2/b31-21-,46-43+. The second kappa shape index (κ2) is 19.7. The van der Waals surface area contributed by atoms with Crippen LogP contribution in [0.3, 0.4) is 0 Å². The van der Waals surface area contributed by atoms with E-state index in [1.54, 1.807) is 6.20 Å². The van der Waals surface area contributed by atoms with E-state index in [0.717, 1.165) is 48.3 Å². The average Bonchev–Trinajstić information content (AvgIpc) is 3.15. The first kappa shape index (κ1) is 34.4. The van der Waals surface area contributed by atoms with Gasteiger partial charge in [-0.05, 0) is 86.3 Å². The van der Waals surface area contributed by atoms with E-state index in [1.165, 1.54) is 79.2 Å². The molecule has 0 amide bonds. The summed E-state index contributed by atoms with van der Waals surface area (Å²) in [5.41, 5.74) is 10.8. The summed E-state index contributed by atoms with van der Waals surface area (Å²) < 4.78 is 0. The zero-order valence-electron chi connectivity index (χ0n) is 28.3. The molecule has 0 unspecified atom stereocenters. The topological polar surface area (TPSA) is 38.1 Å². The number of allylic oxidation sites excluding steroid dienone is 2. The molecule has 0 saturated heterocycles. The second-order valence-corrected chi connectivity index (χ2v) is 12.5. The van der Waals surface area contributed by atoms with Crippen LogP contribution in [0.5, 0.6) is 0 Å². The van der Waals surface area contributed by atoms with Crippen molar-refractivity contribution in [3.8, 4) is 22.5 Å². The molecule has 48 heavy (non-hydrogen) atoms. The van der Waals surface area contributed by atoms with Crippen LogP contribution in [0.25, 0.3) is 22.5 Å². The summed E-state index contributed by atoms with van der Waals surface area (Å²) in [5.74, 6) is 0. The van der Waals surface area contributed by atoms with Crippen LogP contribution in [-0.2, 0) is 19.3 Å². The molecule has 5 rings (SSSR count). The van der Waals surface area contributed by atoms with Crippen LogP contribution in [0.4, 0.5) is 0 Å². The van der Waals surface area contributed by atoms with Crippen molar-refractivity contribution in [3.63, 3.8) is 0 Å². The molecule has 2 aromatic heterocycles. The molecule has 3 nitrogen and oxygen atoms in total. The van der Waals surface area contributed by atoms with Crippen LogP contribution in [0, 0.1) is 0 Å². The van der Waals surface area contributed by atoms with Crippen LogP contribution < -0.4 is 0 Å². The highest BCUT2D eigenvalue weighted by molar-refractivity contribution is 6.08. The van der Waals surface area contributed by atoms with Crippen molar-refractivity contribution in [2.45, 2.75) is 77.0 Å². The average molecular weight is 632 g/mol. The van der Waals surface area contributed by atoms with Crippen molar-refractivity contribution < 1.29 is 0 Å². The maximum absolute atomic E-state index is 4.89. The summed E-state index contributed by atoms with van der Waals surface area (Å²) in [5, 5.41) is 0. The smallest absolute Gasteiger partial charge is 0.0704 e. The first-order valence-electron chi connectivity index (χ1n) is 17.7. The number of pyridine rings is 2. The van der Waals surface area contributed by atoms with E-state index in [2.05, 4.69) is 115 Å². The molecule has 0 radical (unpaired) electrons. The Labute approximate surface area is 288 Å². The lowest BCUT2D eigenvalue weighted by molar-refractivity contribution is 0.629. The number of aliphatic imine (C=N–C) groups is 1. The maximum atomic E-state index is 4.89. The number of aromatic nitrogens is 2. The molecular formula is C45H49N3. The highest BCUT2D eigenvalue weighted by Crippen LogP contribution is 2.24. The van der Waals surface area contributed by atoms with Gasteiger partial charge in [0.2, 0.25) is 0 Å². The van der Waals surface area contributed by atoms with Crippen molar-refractivity contribution >= 4 is 5.71 Å². The van der Waals surface area contributed by atoms with Crippen molar-refractivity contribution in [2.24, 2.45) is 4.99 Å². The lowest BCUT2D eigenvalue weighted by atomic mass is 9.96. The number of hydrogen-bond donors (Lipinski definition) is 0. The summed E-state index contributed by atoms with van der Waals surface area (Å²) in [7, 11) is 0. The van der Waals surface area contributed by atoms with E-state index in [1.807, 2.05) is 30.5 Å². The molecule has 0 spiro atoms. The van der Waals surface area contributed by atoms with Gasteiger partial charge >= 0.3 is 0 Å². The van der Waals surface area contributed by atoms with E-state index in [4.69, 9.17) is 9.97 Å². The Kier molecular flexibility index (Phi) is 14.1. The molecule has 0 aliphatic rings. The molecule has 3 aromatic carbocycles. The van der Waals surface area contributed by atoms with Crippen LogP contribution in [0.2, 0.25) is 0 Å². The summed E-state index contributed by atoms with van der Waals surface area (Å²) in [6.07, 6.45) is 24.3. The third-order valence-electron chi connectivity index (χ3n) is 8.85. The van der Waals surface area contributed by atoms with E-state index in [-0.39, 0.29) is 0 Å². The predicted octanol–water partition coefficient (Wildman–Crippen LogP) is 11.8. The van der Waals surface area contributed by atoms with Gasteiger partial charge in [0, 0.05) is 35.3 Å². The number of nitrogens with zero attached hydrogens (tertiary/aromatic N) is 3. The Morgan fingerprint density at radius 3 is 1.79 bits per heavy atom. The Balaban J connectivity index is 1.06. The largest absolute Gasteiger partial charge is 0.257 e. The molecule has 0 bridgehead atoms. The quantitative estimate of drug-likeness (QED) is 0.0672. The lowest BCUT2D eigenvalue weighted by Gasteiger charge is -2.12. The summed E-state index contributed by atoms with van der Waals surface area (Å²) >= 11 is 0. The highest BCUT2D eigenvalue weighted by atomic mass is 14.7. The van der Waals surface area contributed by atoms with Crippen molar-refractivity contribution in [2.75, 3.05) is 0 Å². The zero-order valence-corrected chi connectivity index (χ0v) is 28.3. The summed E-state index contributed by atoms with van der Waals surface area (Å²) in [4.78, 5) is 14.0. The Hall–Kier alpha value is -4.89. The molecule has 0 atom stereocenters. The molecule has 0 saturated carbocycles. The van der Waals surface area contributed by atoms with Gasteiger partial charge in [0.1, 0.15) is 0 Å². The third kappa shape index (κ3) is 11.1. The minimum atomic E-state index is 0.968. The zero-order chi connectivity index (χ0) is 33.1. The van der Waals surface area contributed by atoms with Crippen molar-refractivity contribution in [1.82, 2.24) is 9.97 Å². The summed E-state index contributed by atoms with van der Waals surface area (Å²) in [6, 6.07) is 38.0. The fraction of sp³-hybridized carbons (Fsp3) is 0.267. The van der Waals surface area contributed by atoms with Gasteiger partial charge < -0.3 is 0 Å². The molecule has 0 aliphatic heterocycles. The van der Waals surface area contributed by atoms with Gasteiger partial charge in [-0.15, -0.1) is 0 Å². The fourth-order valence-corrected chi connectivity index (χ4v) is 6.15. The van der Waals surface area contributed by atoms with Crippen LogP contribution in [0.15, 0.2) is 152 Å². The summed E-state index contributed by atoms with van der Waals surface area (Å²) in [6.45, 7) is 3.78. The number of hydrogen-bond acceptors (Lipinski definition) is 3. The van der Waals surface area contributed by atoms with E-state index in [9.17, 15) is 0 Å². The van der Waals surface area contributed by atoms with Gasteiger partial charge in [-0.1, -0.05) is 135 Å². The van der Waals surface area contributed by atoms with Crippen molar-refractivity contribution in [1.29, 1.82) is 0 Å². The SMILES string of the molecule is C=C/N=C(\C=C/CCCCCCc1cnc(-c2ccccc2)cc1CCCCCCc1ccc(-c2ccccc2)nc1)c1ccccc1. The van der Waals surface area contributed by atoms with E-state index in [0.29, 0.717) is 0 Å².